The van der Waals surface area contributed by atoms with Gasteiger partial charge in [0.1, 0.15) is 23.5 Å². The molecule has 0 saturated carbocycles. The highest BCUT2D eigenvalue weighted by molar-refractivity contribution is 6.24. The number of nitrogens with zero attached hydrogens (tertiary/aromatic N) is 1. The minimum atomic E-state index is -1.03. The van der Waals surface area contributed by atoms with Gasteiger partial charge in [-0.15, -0.1) is 0 Å². The molecule has 0 spiro atoms. The number of rotatable bonds is 7. The monoisotopic (exact) mass is 407 g/mol. The number of benzene rings is 1. The van der Waals surface area contributed by atoms with E-state index in [0.717, 1.165) is 18.4 Å². The first kappa shape index (κ1) is 22.3. The third kappa shape index (κ3) is 5.28. The molecule has 0 saturated heterocycles. The molecule has 1 heterocycles. The zero-order valence-electron chi connectivity index (χ0n) is 16.6. The van der Waals surface area contributed by atoms with Crippen molar-refractivity contribution in [1.82, 2.24) is 4.90 Å². The molecule has 0 radical (unpaired) electrons. The smallest absolute Gasteiger partial charge is 0.345 e. The van der Waals surface area contributed by atoms with Crippen molar-refractivity contribution in [2.75, 3.05) is 26.3 Å². The van der Waals surface area contributed by atoms with Gasteiger partial charge in [0.25, 0.3) is 0 Å². The van der Waals surface area contributed by atoms with Gasteiger partial charge in [-0.25, -0.2) is 13.6 Å². The minimum absolute atomic E-state index is 0.0107. The van der Waals surface area contributed by atoms with Crippen molar-refractivity contribution in [2.24, 2.45) is 0 Å². The van der Waals surface area contributed by atoms with Gasteiger partial charge in [-0.1, -0.05) is 6.08 Å². The van der Waals surface area contributed by atoms with E-state index in [1.165, 1.54) is 6.92 Å². The lowest BCUT2D eigenvalue weighted by Gasteiger charge is -2.25. The number of amides is 1. The lowest BCUT2D eigenvalue weighted by Crippen LogP contribution is -2.32. The van der Waals surface area contributed by atoms with Gasteiger partial charge in [-0.2, -0.15) is 0 Å². The normalized spacial score (nSPS) is 14.3. The fourth-order valence-corrected chi connectivity index (χ4v) is 2.88. The Kier molecular flexibility index (Phi) is 7.64. The molecule has 0 unspecified atom stereocenters. The van der Waals surface area contributed by atoms with Gasteiger partial charge in [0.2, 0.25) is 11.7 Å². The number of carbonyl (C=O) groups excluding carboxylic acids is 3. The fourth-order valence-electron chi connectivity index (χ4n) is 2.88. The zero-order valence-corrected chi connectivity index (χ0v) is 16.6. The fraction of sp³-hybridized carbons (Fsp3) is 0.381. The van der Waals surface area contributed by atoms with Crippen LogP contribution in [0.5, 0.6) is 0 Å². The summed E-state index contributed by atoms with van der Waals surface area (Å²) in [6.45, 7) is 5.53. The molecule has 1 aliphatic heterocycles. The van der Waals surface area contributed by atoms with Crippen molar-refractivity contribution >= 4 is 23.2 Å². The van der Waals surface area contributed by atoms with Gasteiger partial charge in [0.05, 0.1) is 18.8 Å². The van der Waals surface area contributed by atoms with E-state index in [0.29, 0.717) is 25.1 Å². The van der Waals surface area contributed by atoms with E-state index in [1.54, 1.807) is 24.8 Å². The predicted molar refractivity (Wildman–Crippen MR) is 102 cm³/mol. The maximum absolute atomic E-state index is 14.7. The molecule has 156 valence electrons. The van der Waals surface area contributed by atoms with Crippen molar-refractivity contribution in [3.63, 3.8) is 0 Å². The van der Waals surface area contributed by atoms with Gasteiger partial charge < -0.3 is 14.4 Å². The highest BCUT2D eigenvalue weighted by atomic mass is 19.1. The number of Topliss-reactive ketones (excluding diaryl/α,β-unsaturated/α-hetero) is 1. The molecule has 6 nitrogen and oxygen atoms in total. The Morgan fingerprint density at radius 2 is 1.86 bits per heavy atom. The summed E-state index contributed by atoms with van der Waals surface area (Å²) >= 11 is 0. The van der Waals surface area contributed by atoms with Crippen LogP contribution in [0.25, 0.3) is 5.57 Å². The molecule has 29 heavy (non-hydrogen) atoms. The first-order valence-electron chi connectivity index (χ1n) is 9.27. The summed E-state index contributed by atoms with van der Waals surface area (Å²) in [5.41, 5.74) is -0.539. The number of ether oxygens (including phenoxy) is 2. The second kappa shape index (κ2) is 9.95. The molecule has 8 heteroatoms. The van der Waals surface area contributed by atoms with Crippen molar-refractivity contribution in [3.8, 4) is 0 Å². The molecule has 2 rings (SSSR count). The molecule has 1 amide bonds. The average molecular weight is 407 g/mol. The lowest BCUT2D eigenvalue weighted by atomic mass is 9.95. The highest BCUT2D eigenvalue weighted by Crippen LogP contribution is 2.28. The molecule has 0 bridgehead atoms. The van der Waals surface area contributed by atoms with Crippen LogP contribution >= 0.6 is 0 Å². The van der Waals surface area contributed by atoms with E-state index >= 15 is 0 Å². The standard InChI is InChI=1S/C21H23F2NO5/c1-4-28-12-17(21(27)29-5-2)20(26)16-11-18(22)15(10-19(16)23)14-6-8-24(9-7-14)13(3)25/h6,10-12H,4-5,7-9H2,1-3H3/b17-12+. The number of carbonyl (C=O) groups is 3. The van der Waals surface area contributed by atoms with Crippen molar-refractivity contribution in [3.05, 3.63) is 52.8 Å². The summed E-state index contributed by atoms with van der Waals surface area (Å²) in [5, 5.41) is 0. The van der Waals surface area contributed by atoms with Crippen LogP contribution in [0.3, 0.4) is 0 Å². The summed E-state index contributed by atoms with van der Waals surface area (Å²) < 4.78 is 39.1. The number of ketones is 1. The lowest BCUT2D eigenvalue weighted by molar-refractivity contribution is -0.138. The molecular formula is C21H23F2NO5. The average Bonchev–Trinajstić information content (AvgIpc) is 2.69. The van der Waals surface area contributed by atoms with E-state index in [4.69, 9.17) is 9.47 Å². The van der Waals surface area contributed by atoms with Gasteiger partial charge in [-0.05, 0) is 38.0 Å². The Hall–Kier alpha value is -3.03. The summed E-state index contributed by atoms with van der Waals surface area (Å²) in [4.78, 5) is 37.6. The maximum Gasteiger partial charge on any atom is 0.345 e. The molecule has 1 aliphatic rings. The SMILES string of the molecule is CCO/C=C(/C(=O)OCC)C(=O)c1cc(F)c(C2=CCN(C(C)=O)CC2)cc1F. The largest absolute Gasteiger partial charge is 0.500 e. The van der Waals surface area contributed by atoms with E-state index in [2.05, 4.69) is 0 Å². The van der Waals surface area contributed by atoms with Crippen LogP contribution in [0, 0.1) is 11.6 Å². The Labute approximate surface area is 167 Å². The summed E-state index contributed by atoms with van der Waals surface area (Å²) in [6, 6.07) is 1.70. The molecule has 0 aromatic heterocycles. The topological polar surface area (TPSA) is 72.9 Å². The minimum Gasteiger partial charge on any atom is -0.500 e. The zero-order chi connectivity index (χ0) is 21.6. The van der Waals surface area contributed by atoms with E-state index in [9.17, 15) is 23.2 Å². The van der Waals surface area contributed by atoms with E-state index < -0.39 is 34.5 Å². The van der Waals surface area contributed by atoms with Crippen LogP contribution in [0.1, 0.15) is 43.1 Å². The molecule has 1 aromatic carbocycles. The van der Waals surface area contributed by atoms with Gasteiger partial charge in [-0.3, -0.25) is 9.59 Å². The Morgan fingerprint density at radius 1 is 1.14 bits per heavy atom. The Bertz CT molecular complexity index is 876. The van der Waals surface area contributed by atoms with Gasteiger partial charge >= 0.3 is 5.97 Å². The van der Waals surface area contributed by atoms with E-state index in [1.807, 2.05) is 0 Å². The van der Waals surface area contributed by atoms with Crippen LogP contribution in [-0.4, -0.2) is 48.9 Å². The predicted octanol–water partition coefficient (Wildman–Crippen LogP) is 3.27. The highest BCUT2D eigenvalue weighted by Gasteiger charge is 2.27. The molecule has 0 N–H and O–H groups in total. The summed E-state index contributed by atoms with van der Waals surface area (Å²) in [7, 11) is 0. The quantitative estimate of drug-likeness (QED) is 0.173. The number of halogens is 2. The molecule has 0 fully saturated rings. The van der Waals surface area contributed by atoms with Crippen LogP contribution in [-0.2, 0) is 19.1 Å². The molecule has 0 aliphatic carbocycles. The second-order valence-corrected chi connectivity index (χ2v) is 6.29. The maximum atomic E-state index is 14.7. The molecule has 1 aromatic rings. The van der Waals surface area contributed by atoms with E-state index in [-0.39, 0.29) is 24.7 Å². The van der Waals surface area contributed by atoms with Crippen LogP contribution < -0.4 is 0 Å². The molecule has 0 atom stereocenters. The van der Waals surface area contributed by atoms with Crippen LogP contribution in [0.15, 0.2) is 30.0 Å². The van der Waals surface area contributed by atoms with Crippen molar-refractivity contribution < 1.29 is 32.6 Å². The summed E-state index contributed by atoms with van der Waals surface area (Å²) in [6.07, 6.45) is 2.91. The third-order valence-electron chi connectivity index (χ3n) is 4.41. The summed E-state index contributed by atoms with van der Waals surface area (Å²) in [5.74, 6) is -3.86. The van der Waals surface area contributed by atoms with Crippen LogP contribution in [0.4, 0.5) is 8.78 Å². The molecular weight excluding hydrogens is 384 g/mol. The Balaban J connectivity index is 2.36. The van der Waals surface area contributed by atoms with Crippen LogP contribution in [0.2, 0.25) is 0 Å². The Morgan fingerprint density at radius 3 is 2.41 bits per heavy atom. The third-order valence-corrected chi connectivity index (χ3v) is 4.41. The second-order valence-electron chi connectivity index (χ2n) is 6.29. The number of esters is 1. The van der Waals surface area contributed by atoms with Crippen molar-refractivity contribution in [2.45, 2.75) is 27.2 Å². The van der Waals surface area contributed by atoms with Gasteiger partial charge in [0.15, 0.2) is 0 Å². The number of hydrogen-bond donors (Lipinski definition) is 0. The first-order valence-corrected chi connectivity index (χ1v) is 9.27. The number of hydrogen-bond acceptors (Lipinski definition) is 5. The first-order chi connectivity index (χ1) is 13.8. The van der Waals surface area contributed by atoms with Crippen molar-refractivity contribution in [1.29, 1.82) is 0 Å². The van der Waals surface area contributed by atoms with Gasteiger partial charge in [0, 0.05) is 25.6 Å².